The van der Waals surface area contributed by atoms with Gasteiger partial charge in [0, 0.05) is 11.7 Å². The van der Waals surface area contributed by atoms with Crippen molar-refractivity contribution in [2.45, 2.75) is 6.42 Å². The number of allylic oxidation sites excluding steroid dienone is 4. The van der Waals surface area contributed by atoms with Gasteiger partial charge in [-0.2, -0.15) is 6.08 Å². The standard InChI is InChI=1S/C20H14N.2ClH.Cr/c1-2-6-15(7-3-1)17-11-12-18(14-17)19-10-4-8-16-9-5-13-21-20(16)19;;;/h1-11,13H,12H2;2*1H;/q-1;;;+3/p-2. The molecule has 0 aliphatic heterocycles. The Hall–Kier alpha value is -1.56. The number of halogens is 2. The fourth-order valence-electron chi connectivity index (χ4n) is 2.80. The van der Waals surface area contributed by atoms with Gasteiger partial charge in [-0.3, -0.25) is 4.98 Å². The predicted molar refractivity (Wildman–Crippen MR) is 87.4 cm³/mol. The number of hydrogen-bond acceptors (Lipinski definition) is 1. The van der Waals surface area contributed by atoms with Crippen LogP contribution in [0.5, 0.6) is 0 Å². The Morgan fingerprint density at radius 3 is 2.38 bits per heavy atom. The van der Waals surface area contributed by atoms with E-state index >= 15 is 0 Å². The van der Waals surface area contributed by atoms with Crippen molar-refractivity contribution in [1.29, 1.82) is 0 Å². The molecule has 3 aromatic rings. The molecule has 0 saturated heterocycles. The first-order chi connectivity index (χ1) is 10.4. The molecule has 0 spiro atoms. The van der Waals surface area contributed by atoms with Gasteiger partial charge in [-0.25, -0.2) is 0 Å². The largest absolute Gasteiger partial charge is 3.00 e. The summed E-state index contributed by atoms with van der Waals surface area (Å²) in [6, 6.07) is 20.8. The molecule has 0 unspecified atom stereocenters. The van der Waals surface area contributed by atoms with Gasteiger partial charge in [0.25, 0.3) is 0 Å². The average molecular weight is 391 g/mol. The van der Waals surface area contributed by atoms with Crippen molar-refractivity contribution < 1.29 is 42.2 Å². The molecule has 4 heteroatoms. The fraction of sp³-hybridized carbons (Fsp3) is 0.0500. The minimum Gasteiger partial charge on any atom is -1.00 e. The normalized spacial score (nSPS) is 12.3. The molecular formula is C20H14Cl2CrN. The molecule has 0 fully saturated rings. The van der Waals surface area contributed by atoms with Gasteiger partial charge in [0.05, 0.1) is 0 Å². The zero-order valence-corrected chi connectivity index (χ0v) is 15.5. The van der Waals surface area contributed by atoms with E-state index in [0.29, 0.717) is 0 Å². The molecule has 1 aliphatic rings. The van der Waals surface area contributed by atoms with Gasteiger partial charge in [-0.05, 0) is 11.5 Å². The van der Waals surface area contributed by atoms with Crippen molar-refractivity contribution in [3.8, 4) is 0 Å². The Morgan fingerprint density at radius 1 is 0.833 bits per heavy atom. The summed E-state index contributed by atoms with van der Waals surface area (Å²) in [4.78, 5) is 4.54. The van der Waals surface area contributed by atoms with Crippen LogP contribution in [-0.2, 0) is 17.4 Å². The maximum atomic E-state index is 4.54. The summed E-state index contributed by atoms with van der Waals surface area (Å²) in [6.07, 6.45) is 8.57. The fourth-order valence-corrected chi connectivity index (χ4v) is 2.80. The molecule has 0 N–H and O–H groups in total. The van der Waals surface area contributed by atoms with Crippen molar-refractivity contribution >= 4 is 22.0 Å². The molecule has 2 aromatic carbocycles. The monoisotopic (exact) mass is 390 g/mol. The quantitative estimate of drug-likeness (QED) is 0.507. The van der Waals surface area contributed by atoms with Gasteiger partial charge in [0.2, 0.25) is 0 Å². The molecular weight excluding hydrogens is 377 g/mol. The number of fused-ring (bicyclic) bond motifs is 1. The number of para-hydroxylation sites is 1. The van der Waals surface area contributed by atoms with Crippen LogP contribution in [0.15, 0.2) is 72.9 Å². The first-order valence-corrected chi connectivity index (χ1v) is 7.14. The van der Waals surface area contributed by atoms with E-state index in [1.165, 1.54) is 27.7 Å². The van der Waals surface area contributed by atoms with Crippen molar-refractivity contribution in [2.75, 3.05) is 0 Å². The van der Waals surface area contributed by atoms with Gasteiger partial charge in [0.1, 0.15) is 0 Å². The molecule has 0 amide bonds. The van der Waals surface area contributed by atoms with Crippen molar-refractivity contribution in [3.05, 3.63) is 90.1 Å². The van der Waals surface area contributed by atoms with E-state index in [0.717, 1.165) is 11.9 Å². The van der Waals surface area contributed by atoms with Crippen LogP contribution in [0.25, 0.3) is 22.0 Å². The Balaban J connectivity index is 0.000000960. The molecule has 119 valence electrons. The van der Waals surface area contributed by atoms with Gasteiger partial charge in [-0.1, -0.05) is 72.1 Å². The van der Waals surface area contributed by atoms with E-state index in [1.807, 2.05) is 18.3 Å². The average Bonchev–Trinajstić information content (AvgIpc) is 3.05. The van der Waals surface area contributed by atoms with Crippen LogP contribution >= 0.6 is 0 Å². The second-order valence-corrected chi connectivity index (χ2v) is 5.17. The van der Waals surface area contributed by atoms with Crippen LogP contribution in [0.1, 0.15) is 17.5 Å². The van der Waals surface area contributed by atoms with E-state index < -0.39 is 0 Å². The van der Waals surface area contributed by atoms with Crippen molar-refractivity contribution in [2.24, 2.45) is 0 Å². The summed E-state index contributed by atoms with van der Waals surface area (Å²) >= 11 is 0. The Kier molecular flexibility index (Phi) is 7.74. The topological polar surface area (TPSA) is 12.9 Å². The summed E-state index contributed by atoms with van der Waals surface area (Å²) in [7, 11) is 0. The van der Waals surface area contributed by atoms with Crippen LogP contribution < -0.4 is 24.8 Å². The van der Waals surface area contributed by atoms with Gasteiger partial charge < -0.3 is 24.8 Å². The molecule has 1 nitrogen and oxygen atoms in total. The Bertz CT molecular complexity index is 868. The zero-order valence-electron chi connectivity index (χ0n) is 12.7. The summed E-state index contributed by atoms with van der Waals surface area (Å²) in [5.41, 5.74) is 5.87. The van der Waals surface area contributed by atoms with Crippen LogP contribution in [-0.4, -0.2) is 4.98 Å². The van der Waals surface area contributed by atoms with Crippen molar-refractivity contribution in [1.82, 2.24) is 4.98 Å². The van der Waals surface area contributed by atoms with E-state index in [1.54, 1.807) is 0 Å². The zero-order chi connectivity index (χ0) is 14.1. The second kappa shape index (κ2) is 9.06. The third kappa shape index (κ3) is 3.91. The third-order valence-corrected chi connectivity index (χ3v) is 3.84. The van der Waals surface area contributed by atoms with E-state index in [2.05, 4.69) is 65.7 Å². The summed E-state index contributed by atoms with van der Waals surface area (Å²) in [5.74, 6) is 0. The first-order valence-electron chi connectivity index (χ1n) is 7.14. The predicted octanol–water partition coefficient (Wildman–Crippen LogP) is -1.09. The summed E-state index contributed by atoms with van der Waals surface area (Å²) < 4.78 is 0. The summed E-state index contributed by atoms with van der Waals surface area (Å²) in [5, 5.41) is 1.18. The molecule has 4 rings (SSSR count). The van der Waals surface area contributed by atoms with Crippen LogP contribution in [0, 0.1) is 6.08 Å². The number of hydrogen-bond donors (Lipinski definition) is 0. The van der Waals surface area contributed by atoms with Gasteiger partial charge in [0.15, 0.2) is 0 Å². The number of rotatable bonds is 2. The Labute approximate surface area is 165 Å². The molecule has 0 saturated carbocycles. The first kappa shape index (κ1) is 20.5. The van der Waals surface area contributed by atoms with Crippen molar-refractivity contribution in [3.63, 3.8) is 0 Å². The molecule has 1 radical (unpaired) electrons. The van der Waals surface area contributed by atoms with Crippen LogP contribution in [0.2, 0.25) is 0 Å². The second-order valence-electron chi connectivity index (χ2n) is 5.17. The smallest absolute Gasteiger partial charge is 1.00 e. The minimum absolute atomic E-state index is 0. The molecule has 1 aliphatic carbocycles. The molecule has 0 bridgehead atoms. The number of nitrogens with zero attached hydrogens (tertiary/aromatic N) is 1. The minimum atomic E-state index is 0. The van der Waals surface area contributed by atoms with E-state index in [9.17, 15) is 0 Å². The van der Waals surface area contributed by atoms with Gasteiger partial charge in [-0.15, -0.1) is 17.2 Å². The summed E-state index contributed by atoms with van der Waals surface area (Å²) in [6.45, 7) is 0. The third-order valence-electron chi connectivity index (χ3n) is 3.84. The number of benzene rings is 2. The van der Waals surface area contributed by atoms with Gasteiger partial charge >= 0.3 is 17.4 Å². The Morgan fingerprint density at radius 2 is 1.58 bits per heavy atom. The van der Waals surface area contributed by atoms with Crippen LogP contribution in [0.3, 0.4) is 0 Å². The molecule has 1 heterocycles. The number of aromatic nitrogens is 1. The van der Waals surface area contributed by atoms with E-state index in [-0.39, 0.29) is 42.2 Å². The molecule has 1 aromatic heterocycles. The van der Waals surface area contributed by atoms with E-state index in [4.69, 9.17) is 0 Å². The number of pyridine rings is 1. The maximum absolute atomic E-state index is 4.54. The van der Waals surface area contributed by atoms with Crippen LogP contribution in [0.4, 0.5) is 0 Å². The molecule has 0 atom stereocenters. The SMILES string of the molecule is [C-]1=C(c2cccc3cccnc23)CC=C1c1ccccc1.[Cl-].[Cl-].[Cr+3]. The molecule has 24 heavy (non-hydrogen) atoms. The maximum Gasteiger partial charge on any atom is 3.00 e.